The monoisotopic (exact) mass is 410 g/mol. The van der Waals surface area contributed by atoms with E-state index in [2.05, 4.69) is 0 Å². The quantitative estimate of drug-likeness (QED) is 0.473. The number of aryl methyl sites for hydroxylation is 1. The Bertz CT molecular complexity index is 1130. The summed E-state index contributed by atoms with van der Waals surface area (Å²) in [6.45, 7) is 1.54. The molecule has 4 rings (SSSR count). The Balaban J connectivity index is 1.68. The third-order valence-corrected chi connectivity index (χ3v) is 5.20. The van der Waals surface area contributed by atoms with E-state index in [1.165, 1.54) is 31.2 Å². The molecule has 0 radical (unpaired) electrons. The maximum absolute atomic E-state index is 12.3. The summed E-state index contributed by atoms with van der Waals surface area (Å²) < 4.78 is 17.3. The fourth-order valence-corrected chi connectivity index (χ4v) is 3.72. The Morgan fingerprint density at radius 3 is 2.40 bits per heavy atom. The lowest BCUT2D eigenvalue weighted by Gasteiger charge is -2.25. The van der Waals surface area contributed by atoms with Gasteiger partial charge < -0.3 is 24.1 Å². The van der Waals surface area contributed by atoms with Crippen molar-refractivity contribution in [3.8, 4) is 11.5 Å². The highest BCUT2D eigenvalue weighted by Crippen LogP contribution is 2.34. The Labute approximate surface area is 172 Å². The highest BCUT2D eigenvalue weighted by atomic mass is 16.7. The van der Waals surface area contributed by atoms with Crippen LogP contribution in [-0.4, -0.2) is 28.6 Å². The number of aliphatic hydroxyl groups excluding tert-OH is 1. The van der Waals surface area contributed by atoms with Gasteiger partial charge in [-0.25, -0.2) is 9.59 Å². The number of benzene rings is 2. The minimum atomic E-state index is -1.04. The summed E-state index contributed by atoms with van der Waals surface area (Å²) >= 11 is 0. The summed E-state index contributed by atoms with van der Waals surface area (Å²) in [5.74, 6) is -0.214. The summed E-state index contributed by atoms with van der Waals surface area (Å²) in [6.07, 6.45) is 1.33. The lowest BCUT2D eigenvalue weighted by Crippen LogP contribution is -2.35. The molecule has 30 heavy (non-hydrogen) atoms. The van der Waals surface area contributed by atoms with Crippen molar-refractivity contribution in [2.24, 2.45) is 0 Å². The lowest BCUT2D eigenvalue weighted by atomic mass is 9.90. The molecule has 1 aliphatic rings. The summed E-state index contributed by atoms with van der Waals surface area (Å²) in [7, 11) is 0. The zero-order chi connectivity index (χ0) is 21.3. The van der Waals surface area contributed by atoms with E-state index >= 15 is 0 Å². The van der Waals surface area contributed by atoms with Crippen molar-refractivity contribution in [3.05, 3.63) is 69.6 Å². The Hall–Kier alpha value is -3.32. The maximum Gasteiger partial charge on any atom is 0.339 e. The molecule has 1 aliphatic carbocycles. The zero-order valence-corrected chi connectivity index (χ0v) is 16.5. The highest BCUT2D eigenvalue weighted by Gasteiger charge is 2.24. The van der Waals surface area contributed by atoms with Gasteiger partial charge in [0.25, 0.3) is 6.29 Å². The van der Waals surface area contributed by atoms with E-state index in [0.717, 1.165) is 30.2 Å². The number of ether oxygens (including phenoxy) is 2. The molecule has 0 saturated heterocycles. The molecule has 2 atom stereocenters. The standard InChI is InChI=1S/C23H22O7/c1-13(24)23(28-15-11-9-14(10-12-15)21(25)26)30-19-8-4-7-18-20(19)16-5-2-3-6-17(16)22(27)29-18/h4,7-13,23-24H,2-3,5-6H2,1H3,(H,25,26). The summed E-state index contributed by atoms with van der Waals surface area (Å²) in [5, 5.41) is 20.0. The molecular formula is C23H22O7. The molecule has 7 heteroatoms. The van der Waals surface area contributed by atoms with Crippen LogP contribution in [-0.2, 0) is 12.8 Å². The Morgan fingerprint density at radius 1 is 1.03 bits per heavy atom. The molecule has 0 aliphatic heterocycles. The van der Waals surface area contributed by atoms with Crippen LogP contribution < -0.4 is 15.1 Å². The van der Waals surface area contributed by atoms with Gasteiger partial charge in [0.2, 0.25) is 0 Å². The van der Waals surface area contributed by atoms with Crippen molar-refractivity contribution in [1.29, 1.82) is 0 Å². The van der Waals surface area contributed by atoms with Gasteiger partial charge in [0.15, 0.2) is 0 Å². The molecular weight excluding hydrogens is 388 g/mol. The van der Waals surface area contributed by atoms with Crippen LogP contribution in [0.1, 0.15) is 41.3 Å². The number of carbonyl (C=O) groups is 1. The van der Waals surface area contributed by atoms with Crippen LogP contribution in [0.2, 0.25) is 0 Å². The minimum Gasteiger partial charge on any atom is -0.478 e. The topological polar surface area (TPSA) is 106 Å². The normalized spacial score (nSPS) is 15.3. The van der Waals surface area contributed by atoms with E-state index in [4.69, 9.17) is 19.0 Å². The van der Waals surface area contributed by atoms with Gasteiger partial charge in [0.1, 0.15) is 23.2 Å². The molecule has 3 aromatic rings. The second kappa shape index (κ2) is 8.20. The van der Waals surface area contributed by atoms with E-state index in [9.17, 15) is 14.7 Å². The second-order valence-electron chi connectivity index (χ2n) is 7.36. The summed E-state index contributed by atoms with van der Waals surface area (Å²) in [4.78, 5) is 23.3. The number of hydrogen-bond donors (Lipinski definition) is 2. The number of aliphatic hydroxyl groups is 1. The van der Waals surface area contributed by atoms with Crippen LogP contribution >= 0.6 is 0 Å². The molecule has 0 spiro atoms. The molecule has 0 fully saturated rings. The first-order valence-corrected chi connectivity index (χ1v) is 9.86. The van der Waals surface area contributed by atoms with Crippen LogP contribution in [0.4, 0.5) is 0 Å². The average molecular weight is 410 g/mol. The molecule has 1 heterocycles. The molecule has 0 saturated carbocycles. The fraction of sp³-hybridized carbons (Fsp3) is 0.304. The fourth-order valence-electron chi connectivity index (χ4n) is 3.72. The maximum atomic E-state index is 12.3. The van der Waals surface area contributed by atoms with E-state index in [0.29, 0.717) is 29.1 Å². The molecule has 156 valence electrons. The van der Waals surface area contributed by atoms with E-state index in [1.54, 1.807) is 18.2 Å². The molecule has 7 nitrogen and oxygen atoms in total. The lowest BCUT2D eigenvalue weighted by molar-refractivity contribution is -0.0770. The third-order valence-electron chi connectivity index (χ3n) is 5.20. The Kier molecular flexibility index (Phi) is 5.46. The molecule has 1 aromatic heterocycles. The van der Waals surface area contributed by atoms with Crippen LogP contribution in [0.3, 0.4) is 0 Å². The first-order valence-electron chi connectivity index (χ1n) is 9.86. The molecule has 2 N–H and O–H groups in total. The summed E-state index contributed by atoms with van der Waals surface area (Å²) in [6, 6.07) is 11.0. The minimum absolute atomic E-state index is 0.132. The van der Waals surface area contributed by atoms with Gasteiger partial charge in [0, 0.05) is 5.56 Å². The van der Waals surface area contributed by atoms with Crippen LogP contribution in [0.15, 0.2) is 51.7 Å². The van der Waals surface area contributed by atoms with Gasteiger partial charge in [-0.05, 0) is 74.6 Å². The number of fused-ring (bicyclic) bond motifs is 3. The molecule has 2 aromatic carbocycles. The number of carboxylic acids is 1. The predicted molar refractivity (Wildman–Crippen MR) is 109 cm³/mol. The number of carboxylic acid groups (broad SMARTS) is 1. The zero-order valence-electron chi connectivity index (χ0n) is 16.5. The van der Waals surface area contributed by atoms with Crippen molar-refractivity contribution in [3.63, 3.8) is 0 Å². The molecule has 0 amide bonds. The number of rotatable bonds is 6. The van der Waals surface area contributed by atoms with Gasteiger partial charge >= 0.3 is 11.6 Å². The average Bonchev–Trinajstić information content (AvgIpc) is 2.73. The highest BCUT2D eigenvalue weighted by molar-refractivity contribution is 5.88. The third kappa shape index (κ3) is 3.89. The van der Waals surface area contributed by atoms with Crippen molar-refractivity contribution >= 4 is 16.9 Å². The van der Waals surface area contributed by atoms with Crippen LogP contribution in [0.25, 0.3) is 11.0 Å². The van der Waals surface area contributed by atoms with Crippen molar-refractivity contribution in [2.45, 2.75) is 45.0 Å². The first kappa shape index (κ1) is 20.0. The van der Waals surface area contributed by atoms with Crippen LogP contribution in [0.5, 0.6) is 11.5 Å². The predicted octanol–water partition coefficient (Wildman–Crippen LogP) is 3.53. The van der Waals surface area contributed by atoms with Gasteiger partial charge in [-0.1, -0.05) is 6.07 Å². The first-order chi connectivity index (χ1) is 14.4. The molecule has 2 unspecified atom stereocenters. The Morgan fingerprint density at radius 2 is 1.73 bits per heavy atom. The van der Waals surface area contributed by atoms with Crippen LogP contribution in [0, 0.1) is 0 Å². The van der Waals surface area contributed by atoms with Gasteiger partial charge in [-0.3, -0.25) is 0 Å². The van der Waals surface area contributed by atoms with Gasteiger partial charge in [-0.15, -0.1) is 0 Å². The van der Waals surface area contributed by atoms with Gasteiger partial charge in [0.05, 0.1) is 10.9 Å². The SMILES string of the molecule is CC(O)C(Oc1ccc(C(=O)O)cc1)Oc1cccc2oc(=O)c3c(c12)CCCC3. The summed E-state index contributed by atoms with van der Waals surface area (Å²) in [5.41, 5.74) is 1.87. The van der Waals surface area contributed by atoms with E-state index in [1.807, 2.05) is 0 Å². The van der Waals surface area contributed by atoms with Crippen molar-refractivity contribution in [1.82, 2.24) is 0 Å². The number of hydrogen-bond acceptors (Lipinski definition) is 6. The van der Waals surface area contributed by atoms with Crippen molar-refractivity contribution < 1.29 is 28.9 Å². The second-order valence-corrected chi connectivity index (χ2v) is 7.36. The van der Waals surface area contributed by atoms with E-state index < -0.39 is 18.4 Å². The van der Waals surface area contributed by atoms with E-state index in [-0.39, 0.29) is 11.2 Å². The van der Waals surface area contributed by atoms with Gasteiger partial charge in [-0.2, -0.15) is 0 Å². The number of aromatic carboxylic acids is 1. The van der Waals surface area contributed by atoms with Crippen molar-refractivity contribution in [2.75, 3.05) is 0 Å². The largest absolute Gasteiger partial charge is 0.478 e. The smallest absolute Gasteiger partial charge is 0.339 e. The molecule has 0 bridgehead atoms.